The van der Waals surface area contributed by atoms with Crippen LogP contribution in [0.25, 0.3) is 5.65 Å². The molecule has 1 unspecified atom stereocenters. The Hall–Kier alpha value is -2.88. The van der Waals surface area contributed by atoms with Gasteiger partial charge in [-0.3, -0.25) is 9.39 Å². The molecular weight excluding hydrogens is 272 g/mol. The van der Waals surface area contributed by atoms with E-state index in [1.165, 1.54) is 0 Å². The molecular formula is C18H16N4. The van der Waals surface area contributed by atoms with Crippen molar-refractivity contribution in [1.82, 2.24) is 9.38 Å². The third-order valence-electron chi connectivity index (χ3n) is 3.87. The summed E-state index contributed by atoms with van der Waals surface area (Å²) in [5.74, 6) is 0. The summed E-state index contributed by atoms with van der Waals surface area (Å²) in [7, 11) is 0. The Morgan fingerprint density at radius 2 is 1.82 bits per heavy atom. The van der Waals surface area contributed by atoms with E-state index in [0.717, 1.165) is 22.7 Å². The Morgan fingerprint density at radius 3 is 2.68 bits per heavy atom. The molecule has 0 radical (unpaired) electrons. The van der Waals surface area contributed by atoms with Crippen molar-refractivity contribution in [1.29, 1.82) is 0 Å². The number of aromatic nitrogens is 2. The number of anilines is 1. The molecule has 4 heteroatoms. The minimum atomic E-state index is -0.107. The van der Waals surface area contributed by atoms with Crippen LogP contribution >= 0.6 is 0 Å². The first-order chi connectivity index (χ1) is 10.8. The van der Waals surface area contributed by atoms with Gasteiger partial charge in [-0.05, 0) is 37.3 Å². The molecule has 0 aliphatic carbocycles. The number of imidazole rings is 1. The highest BCUT2D eigenvalue weighted by atomic mass is 15.3. The van der Waals surface area contributed by atoms with Crippen molar-refractivity contribution in [2.75, 3.05) is 4.90 Å². The smallest absolute Gasteiger partial charge is 0.168 e. The molecule has 1 atom stereocenters. The van der Waals surface area contributed by atoms with Crippen LogP contribution in [0.3, 0.4) is 0 Å². The number of rotatable bonds is 2. The molecule has 1 aromatic carbocycles. The Balaban J connectivity index is 1.87. The number of hydrogen-bond donors (Lipinski definition) is 0. The van der Waals surface area contributed by atoms with E-state index in [2.05, 4.69) is 32.6 Å². The molecule has 22 heavy (non-hydrogen) atoms. The summed E-state index contributed by atoms with van der Waals surface area (Å²) >= 11 is 0. The lowest BCUT2D eigenvalue weighted by molar-refractivity contribution is 0.691. The van der Waals surface area contributed by atoms with Gasteiger partial charge in [-0.2, -0.15) is 0 Å². The first-order valence-electron chi connectivity index (χ1n) is 7.31. The summed E-state index contributed by atoms with van der Waals surface area (Å²) < 4.78 is 2.12. The van der Waals surface area contributed by atoms with Crippen molar-refractivity contribution in [2.24, 2.45) is 4.99 Å². The van der Waals surface area contributed by atoms with Crippen LogP contribution in [-0.2, 0) is 0 Å². The highest BCUT2D eigenvalue weighted by molar-refractivity contribution is 5.75. The number of para-hydroxylation sites is 1. The fourth-order valence-corrected chi connectivity index (χ4v) is 2.89. The average molecular weight is 288 g/mol. The lowest BCUT2D eigenvalue weighted by Crippen LogP contribution is -2.25. The van der Waals surface area contributed by atoms with E-state index >= 15 is 0 Å². The average Bonchev–Trinajstić information content (AvgIpc) is 2.91. The quantitative estimate of drug-likeness (QED) is 0.719. The molecule has 2 aromatic heterocycles. The number of fused-ring (bicyclic) bond motifs is 1. The summed E-state index contributed by atoms with van der Waals surface area (Å²) in [4.78, 5) is 11.5. The van der Waals surface area contributed by atoms with E-state index in [0.29, 0.717) is 0 Å². The monoisotopic (exact) mass is 288 g/mol. The van der Waals surface area contributed by atoms with Crippen molar-refractivity contribution in [3.63, 3.8) is 0 Å². The van der Waals surface area contributed by atoms with Crippen LogP contribution in [0, 0.1) is 6.92 Å². The van der Waals surface area contributed by atoms with Gasteiger partial charge in [-0.1, -0.05) is 24.3 Å². The fraction of sp³-hybridized carbons (Fsp3) is 0.111. The zero-order valence-electron chi connectivity index (χ0n) is 12.3. The standard InChI is InChI=1S/C18H16N4/c1-14-17(22-12-6-5-10-16(22)20-14)18-19-11-7-13-21(18)15-8-3-2-4-9-15/h2-13,18H,1H3. The van der Waals surface area contributed by atoms with E-state index in [9.17, 15) is 0 Å². The normalized spacial score (nSPS) is 17.3. The first kappa shape index (κ1) is 12.8. The number of aryl methyl sites for hydroxylation is 1. The van der Waals surface area contributed by atoms with Gasteiger partial charge in [0.25, 0.3) is 0 Å². The number of nitrogens with zero attached hydrogens (tertiary/aromatic N) is 4. The molecule has 0 saturated heterocycles. The van der Waals surface area contributed by atoms with Crippen LogP contribution in [0.5, 0.6) is 0 Å². The second kappa shape index (κ2) is 5.15. The maximum Gasteiger partial charge on any atom is 0.168 e. The maximum absolute atomic E-state index is 4.69. The third kappa shape index (κ3) is 2.00. The highest BCUT2D eigenvalue weighted by Crippen LogP contribution is 2.32. The van der Waals surface area contributed by atoms with Gasteiger partial charge in [0.1, 0.15) is 5.65 Å². The zero-order chi connectivity index (χ0) is 14.9. The lowest BCUT2D eigenvalue weighted by atomic mass is 10.2. The molecule has 0 spiro atoms. The van der Waals surface area contributed by atoms with Crippen LogP contribution in [0.2, 0.25) is 0 Å². The molecule has 1 aliphatic rings. The predicted molar refractivity (Wildman–Crippen MR) is 89.2 cm³/mol. The molecule has 108 valence electrons. The van der Waals surface area contributed by atoms with Gasteiger partial charge in [-0.25, -0.2) is 4.98 Å². The number of benzene rings is 1. The molecule has 0 fully saturated rings. The van der Waals surface area contributed by atoms with Gasteiger partial charge in [0, 0.05) is 24.3 Å². The number of hydrogen-bond acceptors (Lipinski definition) is 3. The summed E-state index contributed by atoms with van der Waals surface area (Å²) in [6, 6.07) is 16.3. The second-order valence-corrected chi connectivity index (χ2v) is 5.27. The van der Waals surface area contributed by atoms with E-state index in [1.807, 2.05) is 61.8 Å². The van der Waals surface area contributed by atoms with Crippen molar-refractivity contribution in [2.45, 2.75) is 13.1 Å². The molecule has 0 N–H and O–H groups in total. The topological polar surface area (TPSA) is 32.9 Å². The van der Waals surface area contributed by atoms with Crippen molar-refractivity contribution in [3.8, 4) is 0 Å². The maximum atomic E-state index is 4.69. The minimum absolute atomic E-state index is 0.107. The van der Waals surface area contributed by atoms with Crippen LogP contribution in [0.4, 0.5) is 5.69 Å². The molecule has 0 bridgehead atoms. The van der Waals surface area contributed by atoms with E-state index in [-0.39, 0.29) is 6.17 Å². The highest BCUT2D eigenvalue weighted by Gasteiger charge is 2.25. The number of aliphatic imine (C=N–C) groups is 1. The number of pyridine rings is 1. The summed E-state index contributed by atoms with van der Waals surface area (Å²) in [6.45, 7) is 2.04. The Bertz CT molecular complexity index is 861. The SMILES string of the molecule is Cc1nc2ccccn2c1C1N=CC=CN1c1ccccc1. The lowest BCUT2D eigenvalue weighted by Gasteiger charge is -2.29. The van der Waals surface area contributed by atoms with Crippen molar-refractivity contribution in [3.05, 3.63) is 78.4 Å². The zero-order valence-corrected chi connectivity index (χ0v) is 12.3. The second-order valence-electron chi connectivity index (χ2n) is 5.27. The molecule has 3 heterocycles. The van der Waals surface area contributed by atoms with Crippen molar-refractivity contribution < 1.29 is 0 Å². The van der Waals surface area contributed by atoms with E-state index in [4.69, 9.17) is 4.99 Å². The molecule has 1 aliphatic heterocycles. The Kier molecular flexibility index (Phi) is 3.00. The van der Waals surface area contributed by atoms with Gasteiger partial charge >= 0.3 is 0 Å². The van der Waals surface area contributed by atoms with E-state index < -0.39 is 0 Å². The Labute approximate surface area is 129 Å². The Morgan fingerprint density at radius 1 is 1.00 bits per heavy atom. The van der Waals surface area contributed by atoms with Gasteiger partial charge in [0.15, 0.2) is 6.17 Å². The number of allylic oxidation sites excluding steroid dienone is 1. The molecule has 0 amide bonds. The summed E-state index contributed by atoms with van der Waals surface area (Å²) in [5.41, 5.74) is 4.17. The molecule has 0 saturated carbocycles. The third-order valence-corrected chi connectivity index (χ3v) is 3.87. The van der Waals surface area contributed by atoms with Crippen LogP contribution in [0.1, 0.15) is 17.6 Å². The molecule has 3 aromatic rings. The first-order valence-corrected chi connectivity index (χ1v) is 7.31. The molecule has 4 nitrogen and oxygen atoms in total. The van der Waals surface area contributed by atoms with Crippen molar-refractivity contribution >= 4 is 17.5 Å². The van der Waals surface area contributed by atoms with Gasteiger partial charge in [-0.15, -0.1) is 0 Å². The van der Waals surface area contributed by atoms with Gasteiger partial charge in [0.2, 0.25) is 0 Å². The van der Waals surface area contributed by atoms with Crippen LogP contribution in [-0.4, -0.2) is 15.6 Å². The van der Waals surface area contributed by atoms with Gasteiger partial charge < -0.3 is 4.90 Å². The molecule has 4 rings (SSSR count). The van der Waals surface area contributed by atoms with Crippen LogP contribution in [0.15, 0.2) is 72.0 Å². The summed E-state index contributed by atoms with van der Waals surface area (Å²) in [6.07, 6.45) is 7.81. The van der Waals surface area contributed by atoms with Crippen LogP contribution < -0.4 is 4.90 Å². The predicted octanol–water partition coefficient (Wildman–Crippen LogP) is 3.75. The summed E-state index contributed by atoms with van der Waals surface area (Å²) in [5, 5.41) is 0. The largest absolute Gasteiger partial charge is 0.320 e. The van der Waals surface area contributed by atoms with Gasteiger partial charge in [0.05, 0.1) is 11.4 Å². The fourth-order valence-electron chi connectivity index (χ4n) is 2.89. The minimum Gasteiger partial charge on any atom is -0.320 e. The van der Waals surface area contributed by atoms with E-state index in [1.54, 1.807) is 0 Å².